The molecule has 0 N–H and O–H groups in total. The number of hydrogen-bond acceptors (Lipinski definition) is 0. The Labute approximate surface area is 115 Å². The molecule has 0 heterocycles. The zero-order valence-electron chi connectivity index (χ0n) is 12.8. The molecular weight excluding hydrogens is 216 g/mol. The van der Waals surface area contributed by atoms with Gasteiger partial charge in [-0.05, 0) is 64.7 Å². The van der Waals surface area contributed by atoms with Crippen LogP contribution in [0.1, 0.15) is 85.0 Å². The van der Waals surface area contributed by atoms with E-state index in [0.717, 1.165) is 5.92 Å². The second kappa shape index (κ2) is 9.42. The van der Waals surface area contributed by atoms with E-state index in [9.17, 15) is 0 Å². The average Bonchev–Trinajstić information content (AvgIpc) is 2.33. The monoisotopic (exact) mass is 248 g/mol. The smallest absolute Gasteiger partial charge is 0.0259 e. The van der Waals surface area contributed by atoms with Crippen molar-refractivity contribution >= 4 is 0 Å². The molecular formula is C18H32. The highest BCUT2D eigenvalue weighted by molar-refractivity contribution is 5.01. The van der Waals surface area contributed by atoms with E-state index < -0.39 is 0 Å². The molecule has 0 amide bonds. The summed E-state index contributed by atoms with van der Waals surface area (Å²) in [6.07, 6.45) is 18.7. The Bertz CT molecular complexity index is 270. The molecule has 1 atom stereocenters. The fourth-order valence-corrected chi connectivity index (χ4v) is 2.87. The van der Waals surface area contributed by atoms with Gasteiger partial charge in [-0.25, -0.2) is 0 Å². The predicted molar refractivity (Wildman–Crippen MR) is 82.8 cm³/mol. The van der Waals surface area contributed by atoms with Crippen molar-refractivity contribution in [2.75, 3.05) is 0 Å². The minimum atomic E-state index is 0.787. The molecule has 0 aromatic heterocycles. The van der Waals surface area contributed by atoms with Crippen LogP contribution in [0.25, 0.3) is 0 Å². The Morgan fingerprint density at radius 1 is 0.833 bits per heavy atom. The Morgan fingerprint density at radius 3 is 2.28 bits per heavy atom. The SMILES string of the molecule is C/C1=C\CCCCCCC(C)/C=C(\C)CCCC1. The predicted octanol–water partition coefficient (Wildman–Crippen LogP) is 6.43. The van der Waals surface area contributed by atoms with Crippen molar-refractivity contribution in [2.24, 2.45) is 5.92 Å². The first-order chi connectivity index (χ1) is 8.68. The molecule has 0 radical (unpaired) electrons. The van der Waals surface area contributed by atoms with Crippen LogP contribution in [0.4, 0.5) is 0 Å². The molecule has 0 spiro atoms. The second-order valence-electron chi connectivity index (χ2n) is 6.24. The van der Waals surface area contributed by atoms with E-state index in [4.69, 9.17) is 0 Å². The van der Waals surface area contributed by atoms with Gasteiger partial charge in [0.05, 0.1) is 0 Å². The summed E-state index contributed by atoms with van der Waals surface area (Å²) in [6, 6.07) is 0. The van der Waals surface area contributed by atoms with Crippen molar-refractivity contribution in [1.29, 1.82) is 0 Å². The summed E-state index contributed by atoms with van der Waals surface area (Å²) in [5, 5.41) is 0. The van der Waals surface area contributed by atoms with Gasteiger partial charge in [-0.3, -0.25) is 0 Å². The van der Waals surface area contributed by atoms with Gasteiger partial charge in [0.25, 0.3) is 0 Å². The molecule has 0 aromatic carbocycles. The Balaban J connectivity index is 2.44. The molecule has 0 aromatic rings. The first-order valence-electron chi connectivity index (χ1n) is 8.01. The van der Waals surface area contributed by atoms with Crippen molar-refractivity contribution in [2.45, 2.75) is 85.0 Å². The third-order valence-electron chi connectivity index (χ3n) is 4.07. The molecule has 1 aliphatic carbocycles. The van der Waals surface area contributed by atoms with Gasteiger partial charge >= 0.3 is 0 Å². The third kappa shape index (κ3) is 7.74. The van der Waals surface area contributed by atoms with Gasteiger partial charge in [0, 0.05) is 0 Å². The molecule has 1 rings (SSSR count). The van der Waals surface area contributed by atoms with E-state index in [0.29, 0.717) is 0 Å². The zero-order valence-corrected chi connectivity index (χ0v) is 12.8. The van der Waals surface area contributed by atoms with E-state index in [2.05, 4.69) is 32.9 Å². The molecule has 0 saturated carbocycles. The van der Waals surface area contributed by atoms with Crippen LogP contribution in [-0.2, 0) is 0 Å². The molecule has 0 heteroatoms. The molecule has 104 valence electrons. The lowest BCUT2D eigenvalue weighted by Crippen LogP contribution is -1.92. The van der Waals surface area contributed by atoms with E-state index in [-0.39, 0.29) is 0 Å². The molecule has 18 heavy (non-hydrogen) atoms. The lowest BCUT2D eigenvalue weighted by Gasteiger charge is -2.08. The first-order valence-corrected chi connectivity index (χ1v) is 8.01. The summed E-state index contributed by atoms with van der Waals surface area (Å²) >= 11 is 0. The highest BCUT2D eigenvalue weighted by atomic mass is 14.1. The summed E-state index contributed by atoms with van der Waals surface area (Å²) in [5.41, 5.74) is 3.22. The Morgan fingerprint density at radius 2 is 1.50 bits per heavy atom. The van der Waals surface area contributed by atoms with Crippen molar-refractivity contribution in [3.63, 3.8) is 0 Å². The van der Waals surface area contributed by atoms with Gasteiger partial charge in [-0.2, -0.15) is 0 Å². The molecule has 0 aliphatic heterocycles. The van der Waals surface area contributed by atoms with E-state index in [1.807, 2.05) is 0 Å². The molecule has 1 unspecified atom stereocenters. The summed E-state index contributed by atoms with van der Waals surface area (Å²) < 4.78 is 0. The van der Waals surface area contributed by atoms with Crippen LogP contribution < -0.4 is 0 Å². The topological polar surface area (TPSA) is 0 Å². The van der Waals surface area contributed by atoms with E-state index >= 15 is 0 Å². The fraction of sp³-hybridized carbons (Fsp3) is 0.778. The number of hydrogen-bond donors (Lipinski definition) is 0. The Hall–Kier alpha value is -0.520. The maximum absolute atomic E-state index is 2.52. The van der Waals surface area contributed by atoms with Crippen molar-refractivity contribution in [3.8, 4) is 0 Å². The van der Waals surface area contributed by atoms with Crippen LogP contribution in [0.2, 0.25) is 0 Å². The van der Waals surface area contributed by atoms with E-state index in [1.54, 1.807) is 11.1 Å². The van der Waals surface area contributed by atoms with E-state index in [1.165, 1.54) is 64.2 Å². The van der Waals surface area contributed by atoms with Gasteiger partial charge in [-0.15, -0.1) is 0 Å². The van der Waals surface area contributed by atoms with Gasteiger partial charge in [0.1, 0.15) is 0 Å². The fourth-order valence-electron chi connectivity index (χ4n) is 2.87. The van der Waals surface area contributed by atoms with Gasteiger partial charge in [0.15, 0.2) is 0 Å². The third-order valence-corrected chi connectivity index (χ3v) is 4.07. The minimum Gasteiger partial charge on any atom is -0.0856 e. The van der Waals surface area contributed by atoms with Gasteiger partial charge in [0.2, 0.25) is 0 Å². The van der Waals surface area contributed by atoms with Crippen molar-refractivity contribution in [3.05, 3.63) is 23.3 Å². The summed E-state index contributed by atoms with van der Waals surface area (Å²) in [5.74, 6) is 0.787. The summed E-state index contributed by atoms with van der Waals surface area (Å²) in [4.78, 5) is 0. The highest BCUT2D eigenvalue weighted by Gasteiger charge is 2.01. The quantitative estimate of drug-likeness (QED) is 0.433. The van der Waals surface area contributed by atoms with Crippen LogP contribution >= 0.6 is 0 Å². The summed E-state index contributed by atoms with van der Waals surface area (Å²) in [7, 11) is 0. The van der Waals surface area contributed by atoms with Crippen LogP contribution in [0.5, 0.6) is 0 Å². The van der Waals surface area contributed by atoms with Crippen molar-refractivity contribution in [1.82, 2.24) is 0 Å². The maximum atomic E-state index is 2.52. The average molecular weight is 248 g/mol. The summed E-state index contributed by atoms with van der Waals surface area (Å²) in [6.45, 7) is 7.01. The highest BCUT2D eigenvalue weighted by Crippen LogP contribution is 2.19. The Kier molecular flexibility index (Phi) is 8.13. The molecule has 0 saturated heterocycles. The zero-order chi connectivity index (χ0) is 13.2. The number of rotatable bonds is 0. The van der Waals surface area contributed by atoms with Crippen LogP contribution in [-0.4, -0.2) is 0 Å². The minimum absolute atomic E-state index is 0.787. The standard InChI is InChI=1S/C18H32/c1-16-11-7-5-4-6-8-13-17(2)15-18(3)14-10-9-12-16/h11,15,17H,4-10,12-14H2,1-3H3/b16-11+,18-15+. The normalized spacial score (nSPS) is 31.4. The molecule has 0 nitrogen and oxygen atoms in total. The lowest BCUT2D eigenvalue weighted by atomic mass is 9.98. The largest absolute Gasteiger partial charge is 0.0856 e. The molecule has 0 bridgehead atoms. The van der Waals surface area contributed by atoms with Crippen LogP contribution in [0.15, 0.2) is 23.3 Å². The lowest BCUT2D eigenvalue weighted by molar-refractivity contribution is 0.552. The number of allylic oxidation sites excluding steroid dienone is 4. The van der Waals surface area contributed by atoms with Crippen molar-refractivity contribution < 1.29 is 0 Å². The first kappa shape index (κ1) is 15.5. The van der Waals surface area contributed by atoms with Crippen LogP contribution in [0, 0.1) is 5.92 Å². The maximum Gasteiger partial charge on any atom is -0.0259 e. The van der Waals surface area contributed by atoms with Gasteiger partial charge in [-0.1, -0.05) is 49.5 Å². The molecule has 1 aliphatic rings. The van der Waals surface area contributed by atoms with Gasteiger partial charge < -0.3 is 0 Å². The molecule has 0 fully saturated rings. The van der Waals surface area contributed by atoms with Crippen LogP contribution in [0.3, 0.4) is 0 Å². The second-order valence-corrected chi connectivity index (χ2v) is 6.24.